The van der Waals surface area contributed by atoms with E-state index in [0.29, 0.717) is 10.7 Å². The number of ether oxygens (including phenoxy) is 1. The van der Waals surface area contributed by atoms with Gasteiger partial charge in [-0.05, 0) is 47.9 Å². The lowest BCUT2D eigenvalue weighted by molar-refractivity contribution is -0.141. The third-order valence-corrected chi connectivity index (χ3v) is 7.72. The lowest BCUT2D eigenvalue weighted by atomic mass is 10.0. The Bertz CT molecular complexity index is 1300. The Morgan fingerprint density at radius 2 is 1.81 bits per heavy atom. The van der Waals surface area contributed by atoms with Gasteiger partial charge < -0.3 is 9.30 Å². The number of carbonyl (C=O) groups excluding carboxylic acids is 2. The molecule has 0 atom stereocenters. The van der Waals surface area contributed by atoms with E-state index in [9.17, 15) is 18.0 Å². The summed E-state index contributed by atoms with van der Waals surface area (Å²) in [6.07, 6.45) is 0. The minimum atomic E-state index is -3.35. The van der Waals surface area contributed by atoms with Crippen molar-refractivity contribution in [1.82, 2.24) is 4.57 Å². The molecule has 0 saturated heterocycles. The highest BCUT2D eigenvalue weighted by molar-refractivity contribution is 7.91. The monoisotopic (exact) mass is 460 g/mol. The number of methoxy groups -OCH3 is 1. The fourth-order valence-electron chi connectivity index (χ4n) is 3.00. The van der Waals surface area contributed by atoms with Crippen LogP contribution in [0.4, 0.5) is 0 Å². The van der Waals surface area contributed by atoms with Crippen molar-refractivity contribution in [3.05, 3.63) is 58.4 Å². The summed E-state index contributed by atoms with van der Waals surface area (Å²) in [5, 5.41) is 0. The van der Waals surface area contributed by atoms with Crippen molar-refractivity contribution in [3.8, 4) is 0 Å². The van der Waals surface area contributed by atoms with Crippen LogP contribution >= 0.6 is 11.3 Å². The largest absolute Gasteiger partial charge is 0.468 e. The van der Waals surface area contributed by atoms with Gasteiger partial charge in [0, 0.05) is 5.56 Å². The lowest BCUT2D eigenvalue weighted by Crippen LogP contribution is -2.22. The molecule has 3 rings (SSSR count). The second kappa shape index (κ2) is 9.15. The first kappa shape index (κ1) is 22.9. The van der Waals surface area contributed by atoms with Crippen molar-refractivity contribution in [2.45, 2.75) is 38.1 Å². The van der Waals surface area contributed by atoms with Gasteiger partial charge in [0.25, 0.3) is 5.91 Å². The number of rotatable bonds is 6. The summed E-state index contributed by atoms with van der Waals surface area (Å²) in [5.41, 5.74) is 2.19. The van der Waals surface area contributed by atoms with Gasteiger partial charge in [-0.1, -0.05) is 38.2 Å². The van der Waals surface area contributed by atoms with Crippen LogP contribution in [0.1, 0.15) is 42.6 Å². The average molecular weight is 461 g/mol. The highest BCUT2D eigenvalue weighted by Crippen LogP contribution is 2.24. The van der Waals surface area contributed by atoms with E-state index < -0.39 is 21.7 Å². The third kappa shape index (κ3) is 4.94. The van der Waals surface area contributed by atoms with Gasteiger partial charge in [-0.15, -0.1) is 0 Å². The minimum Gasteiger partial charge on any atom is -0.468 e. The molecule has 0 radical (unpaired) electrons. The van der Waals surface area contributed by atoms with Crippen LogP contribution < -0.4 is 4.80 Å². The summed E-state index contributed by atoms with van der Waals surface area (Å²) >= 11 is 1.31. The number of thiazole rings is 1. The smallest absolute Gasteiger partial charge is 0.325 e. The molecule has 9 heteroatoms. The van der Waals surface area contributed by atoms with Gasteiger partial charge in [0.05, 0.1) is 28.0 Å². The molecule has 0 aliphatic heterocycles. The predicted molar refractivity (Wildman–Crippen MR) is 120 cm³/mol. The number of hydrogen-bond donors (Lipinski definition) is 0. The molecule has 7 nitrogen and oxygen atoms in total. The SMILES string of the molecule is CCS(=O)(=O)c1ccc(C(=O)N=c2sc3cc(C(C)C)ccc3n2CC(=O)OC)cc1. The third-order valence-electron chi connectivity index (χ3n) is 4.93. The van der Waals surface area contributed by atoms with Gasteiger partial charge >= 0.3 is 5.97 Å². The van der Waals surface area contributed by atoms with E-state index in [4.69, 9.17) is 4.74 Å². The second-order valence-corrected chi connectivity index (χ2v) is 10.6. The Labute approximate surface area is 184 Å². The van der Waals surface area contributed by atoms with Crippen LogP contribution in [0.3, 0.4) is 0 Å². The van der Waals surface area contributed by atoms with Gasteiger partial charge in [-0.25, -0.2) is 8.42 Å². The maximum atomic E-state index is 12.8. The summed E-state index contributed by atoms with van der Waals surface area (Å²) in [6, 6.07) is 11.6. The van der Waals surface area contributed by atoms with Crippen LogP contribution in [0, 0.1) is 0 Å². The Balaban J connectivity index is 2.08. The summed E-state index contributed by atoms with van der Waals surface area (Å²) in [4.78, 5) is 29.5. The molecule has 0 bridgehead atoms. The molecular formula is C22H24N2O5S2. The van der Waals surface area contributed by atoms with Crippen molar-refractivity contribution in [2.24, 2.45) is 4.99 Å². The van der Waals surface area contributed by atoms with Crippen molar-refractivity contribution in [1.29, 1.82) is 0 Å². The normalized spacial score (nSPS) is 12.5. The molecule has 0 spiro atoms. The van der Waals surface area contributed by atoms with Crippen molar-refractivity contribution >= 4 is 43.3 Å². The molecule has 0 aliphatic carbocycles. The first-order valence-electron chi connectivity index (χ1n) is 9.78. The van der Waals surface area contributed by atoms with Crippen LogP contribution in [0.15, 0.2) is 52.4 Å². The number of amides is 1. The highest BCUT2D eigenvalue weighted by atomic mass is 32.2. The number of aromatic nitrogens is 1. The quantitative estimate of drug-likeness (QED) is 0.525. The van der Waals surface area contributed by atoms with Crippen LogP contribution in [0.5, 0.6) is 0 Å². The molecule has 0 fully saturated rings. The highest BCUT2D eigenvalue weighted by Gasteiger charge is 2.15. The lowest BCUT2D eigenvalue weighted by Gasteiger charge is -2.06. The van der Waals surface area contributed by atoms with E-state index >= 15 is 0 Å². The van der Waals surface area contributed by atoms with E-state index in [1.165, 1.54) is 42.7 Å². The summed E-state index contributed by atoms with van der Waals surface area (Å²) in [7, 11) is -2.04. The van der Waals surface area contributed by atoms with E-state index in [-0.39, 0.29) is 22.8 Å². The van der Waals surface area contributed by atoms with Crippen LogP contribution in [-0.2, 0) is 25.9 Å². The number of nitrogens with zero attached hydrogens (tertiary/aromatic N) is 2. The van der Waals surface area contributed by atoms with Gasteiger partial charge in [0.1, 0.15) is 6.54 Å². The molecule has 1 amide bonds. The number of fused-ring (bicyclic) bond motifs is 1. The van der Waals surface area contributed by atoms with E-state index in [0.717, 1.165) is 15.8 Å². The fraction of sp³-hybridized carbons (Fsp3) is 0.318. The van der Waals surface area contributed by atoms with Gasteiger partial charge in [-0.3, -0.25) is 9.59 Å². The molecule has 0 N–H and O–H groups in total. The molecule has 31 heavy (non-hydrogen) atoms. The molecule has 1 aromatic heterocycles. The topological polar surface area (TPSA) is 94.8 Å². The summed E-state index contributed by atoms with van der Waals surface area (Å²) in [6.45, 7) is 5.68. The molecule has 0 saturated carbocycles. The van der Waals surface area contributed by atoms with Gasteiger partial charge in [-0.2, -0.15) is 4.99 Å². The Morgan fingerprint density at radius 1 is 1.13 bits per heavy atom. The number of carbonyl (C=O) groups is 2. The zero-order chi connectivity index (χ0) is 22.8. The Hall–Kier alpha value is -2.78. The van der Waals surface area contributed by atoms with Crippen LogP contribution in [0.2, 0.25) is 0 Å². The zero-order valence-corrected chi connectivity index (χ0v) is 19.4. The molecule has 1 heterocycles. The number of sulfone groups is 1. The van der Waals surface area contributed by atoms with E-state index in [1.54, 1.807) is 11.5 Å². The molecule has 2 aromatic carbocycles. The van der Waals surface area contributed by atoms with Gasteiger partial charge in [0.15, 0.2) is 14.6 Å². The first-order valence-corrected chi connectivity index (χ1v) is 12.2. The molecule has 164 valence electrons. The van der Waals surface area contributed by atoms with E-state index in [1.807, 2.05) is 18.2 Å². The van der Waals surface area contributed by atoms with Crippen molar-refractivity contribution in [2.75, 3.05) is 12.9 Å². The molecule has 3 aromatic rings. The van der Waals surface area contributed by atoms with E-state index in [2.05, 4.69) is 18.8 Å². The first-order chi connectivity index (χ1) is 14.7. The van der Waals surface area contributed by atoms with Crippen LogP contribution in [-0.4, -0.2) is 37.7 Å². The summed E-state index contributed by atoms with van der Waals surface area (Å²) < 4.78 is 31.3. The summed E-state index contributed by atoms with van der Waals surface area (Å²) in [5.74, 6) is -0.649. The molecular weight excluding hydrogens is 436 g/mol. The number of hydrogen-bond acceptors (Lipinski definition) is 6. The standard InChI is InChI=1S/C22H24N2O5S2/c1-5-31(27,28)17-9-6-15(7-10-17)21(26)23-22-24(13-20(25)29-4)18-11-8-16(14(2)3)12-19(18)30-22/h6-12,14H,5,13H2,1-4H3. The second-order valence-electron chi connectivity index (χ2n) is 7.27. The number of esters is 1. The van der Waals surface area contributed by atoms with Gasteiger partial charge in [0.2, 0.25) is 0 Å². The average Bonchev–Trinajstić information content (AvgIpc) is 3.09. The Kier molecular flexibility index (Phi) is 6.76. The Morgan fingerprint density at radius 3 is 2.39 bits per heavy atom. The van der Waals surface area contributed by atoms with Crippen molar-refractivity contribution < 1.29 is 22.7 Å². The maximum Gasteiger partial charge on any atom is 0.325 e. The molecule has 0 unspecified atom stereocenters. The minimum absolute atomic E-state index is 0.0155. The zero-order valence-electron chi connectivity index (χ0n) is 17.8. The van der Waals surface area contributed by atoms with Crippen LogP contribution in [0.25, 0.3) is 10.2 Å². The predicted octanol–water partition coefficient (Wildman–Crippen LogP) is 3.53. The van der Waals surface area contributed by atoms with Crippen molar-refractivity contribution in [3.63, 3.8) is 0 Å². The molecule has 0 aliphatic rings. The number of benzene rings is 2. The maximum absolute atomic E-state index is 12.8. The fourth-order valence-corrected chi connectivity index (χ4v) is 4.96.